The minimum atomic E-state index is 0.893. The van der Waals surface area contributed by atoms with Crippen LogP contribution in [0.2, 0.25) is 0 Å². The van der Waals surface area contributed by atoms with Gasteiger partial charge in [-0.2, -0.15) is 0 Å². The summed E-state index contributed by atoms with van der Waals surface area (Å²) in [6.07, 6.45) is 0. The monoisotopic (exact) mass is 598 g/mol. The van der Waals surface area contributed by atoms with Crippen LogP contribution in [0.3, 0.4) is 0 Å². The van der Waals surface area contributed by atoms with Crippen molar-refractivity contribution < 1.29 is 0 Å². The zero-order valence-electron chi connectivity index (χ0n) is 25.6. The topological polar surface area (TPSA) is 34.6 Å². The van der Waals surface area contributed by atoms with Crippen molar-refractivity contribution >= 4 is 76.5 Å². The summed E-state index contributed by atoms with van der Waals surface area (Å²) in [6.45, 7) is 2.19. The summed E-state index contributed by atoms with van der Waals surface area (Å²) in [6, 6.07) is 50.1. The molecule has 0 fully saturated rings. The van der Waals surface area contributed by atoms with Crippen LogP contribution in [0.5, 0.6) is 0 Å². The summed E-state index contributed by atoms with van der Waals surface area (Å²) in [7, 11) is 0. The Morgan fingerprint density at radius 2 is 0.979 bits per heavy atom. The van der Waals surface area contributed by atoms with Crippen LogP contribution in [0.1, 0.15) is 5.56 Å². The lowest BCUT2D eigenvalue weighted by molar-refractivity contribution is 1.25. The van der Waals surface area contributed by atoms with Gasteiger partial charge in [0.1, 0.15) is 0 Å². The normalized spacial score (nSPS) is 12.4. The van der Waals surface area contributed by atoms with Crippen molar-refractivity contribution in [3.63, 3.8) is 0 Å². The maximum atomic E-state index is 5.28. The second-order valence-electron chi connectivity index (χ2n) is 12.7. The van der Waals surface area contributed by atoms with Gasteiger partial charge < -0.3 is 8.80 Å². The van der Waals surface area contributed by atoms with Gasteiger partial charge in [-0.25, -0.2) is 9.97 Å². The first-order chi connectivity index (χ1) is 23.2. The van der Waals surface area contributed by atoms with Crippen LogP contribution >= 0.6 is 0 Å². The van der Waals surface area contributed by atoms with Crippen molar-refractivity contribution in [3.05, 3.63) is 145 Å². The molecule has 0 saturated carbocycles. The van der Waals surface area contributed by atoms with E-state index in [4.69, 9.17) is 9.97 Å². The largest absolute Gasteiger partial charge is 0.305 e. The molecule has 0 saturated heterocycles. The van der Waals surface area contributed by atoms with E-state index in [2.05, 4.69) is 131 Å². The van der Waals surface area contributed by atoms with Crippen molar-refractivity contribution in [2.45, 2.75) is 6.92 Å². The number of benzene rings is 7. The van der Waals surface area contributed by atoms with Gasteiger partial charge in [-0.15, -0.1) is 0 Å². The number of fused-ring (bicyclic) bond motifs is 13. The maximum Gasteiger partial charge on any atom is 0.0973 e. The molecule has 11 rings (SSSR count). The fourth-order valence-corrected chi connectivity index (χ4v) is 8.10. The van der Waals surface area contributed by atoms with Gasteiger partial charge in [-0.3, -0.25) is 0 Å². The van der Waals surface area contributed by atoms with E-state index in [0.29, 0.717) is 0 Å². The van der Waals surface area contributed by atoms with Gasteiger partial charge in [0, 0.05) is 32.7 Å². The molecular formula is C43H26N4. The van der Waals surface area contributed by atoms with Crippen molar-refractivity contribution in [2.24, 2.45) is 0 Å². The van der Waals surface area contributed by atoms with E-state index in [-0.39, 0.29) is 0 Å². The lowest BCUT2D eigenvalue weighted by Gasteiger charge is -2.14. The fourth-order valence-electron chi connectivity index (χ4n) is 8.10. The molecule has 0 unspecified atom stereocenters. The van der Waals surface area contributed by atoms with Crippen LogP contribution in [0.4, 0.5) is 0 Å². The Kier molecular flexibility index (Phi) is 4.75. The first kappa shape index (κ1) is 25.0. The van der Waals surface area contributed by atoms with E-state index < -0.39 is 0 Å². The van der Waals surface area contributed by atoms with Gasteiger partial charge in [-0.1, -0.05) is 96.6 Å². The zero-order chi connectivity index (χ0) is 30.8. The summed E-state index contributed by atoms with van der Waals surface area (Å²) < 4.78 is 4.99. The third-order valence-corrected chi connectivity index (χ3v) is 10.0. The molecule has 0 atom stereocenters. The number of nitrogens with zero attached hydrogens (tertiary/aromatic N) is 4. The molecule has 4 aromatic heterocycles. The lowest BCUT2D eigenvalue weighted by Crippen LogP contribution is -1.97. The Bertz CT molecular complexity index is 3070. The highest BCUT2D eigenvalue weighted by Gasteiger charge is 2.25. The molecule has 47 heavy (non-hydrogen) atoms. The Hall–Kier alpha value is -6.26. The van der Waals surface area contributed by atoms with E-state index in [9.17, 15) is 0 Å². The molecule has 4 nitrogen and oxygen atoms in total. The molecular weight excluding hydrogens is 573 g/mol. The molecule has 0 aliphatic carbocycles. The average Bonchev–Trinajstić information content (AvgIpc) is 3.65. The predicted molar refractivity (Wildman–Crippen MR) is 196 cm³/mol. The average molecular weight is 599 g/mol. The highest BCUT2D eigenvalue weighted by molar-refractivity contribution is 6.37. The lowest BCUT2D eigenvalue weighted by atomic mass is 9.94. The summed E-state index contributed by atoms with van der Waals surface area (Å²) in [4.78, 5) is 10.5. The highest BCUT2D eigenvalue weighted by atomic mass is 15.0. The maximum absolute atomic E-state index is 5.28. The summed E-state index contributed by atoms with van der Waals surface area (Å²) in [5.41, 5.74) is 14.3. The molecule has 218 valence electrons. The van der Waals surface area contributed by atoms with Crippen LogP contribution in [0, 0.1) is 6.92 Å². The molecule has 7 aromatic carbocycles. The van der Waals surface area contributed by atoms with Gasteiger partial charge in [0.05, 0.1) is 55.5 Å². The molecule has 4 heterocycles. The van der Waals surface area contributed by atoms with Crippen LogP contribution in [0.25, 0.3) is 99.0 Å². The van der Waals surface area contributed by atoms with Gasteiger partial charge in [0.2, 0.25) is 0 Å². The SMILES string of the molecule is Cc1ccc2c(c1)c1c3cc(-c4nc5ccccc5nc4-c4ccccc4)ccc3c3c4ccccc4n4c5ccccc5n2c1c34. The molecule has 4 heteroatoms. The first-order valence-corrected chi connectivity index (χ1v) is 16.1. The molecule has 0 bridgehead atoms. The zero-order valence-corrected chi connectivity index (χ0v) is 25.6. The Balaban J connectivity index is 1.38. The van der Waals surface area contributed by atoms with E-state index in [1.807, 2.05) is 24.3 Å². The van der Waals surface area contributed by atoms with Gasteiger partial charge in [0.25, 0.3) is 0 Å². The quantitative estimate of drug-likeness (QED) is 0.186. The number of rotatable bonds is 2. The minimum Gasteiger partial charge on any atom is -0.305 e. The van der Waals surface area contributed by atoms with Gasteiger partial charge in [0.15, 0.2) is 0 Å². The van der Waals surface area contributed by atoms with Crippen LogP contribution in [-0.2, 0) is 0 Å². The third-order valence-electron chi connectivity index (χ3n) is 10.0. The molecule has 0 radical (unpaired) electrons. The van der Waals surface area contributed by atoms with Crippen molar-refractivity contribution in [1.82, 2.24) is 18.8 Å². The van der Waals surface area contributed by atoms with E-state index in [1.54, 1.807) is 0 Å². The molecule has 11 aromatic rings. The Labute approximate surface area is 269 Å². The van der Waals surface area contributed by atoms with Crippen molar-refractivity contribution in [2.75, 3.05) is 0 Å². The van der Waals surface area contributed by atoms with Crippen LogP contribution < -0.4 is 0 Å². The molecule has 0 amide bonds. The van der Waals surface area contributed by atoms with Gasteiger partial charge >= 0.3 is 0 Å². The molecule has 0 aliphatic heterocycles. The van der Waals surface area contributed by atoms with Crippen LogP contribution in [0.15, 0.2) is 140 Å². The summed E-state index contributed by atoms with van der Waals surface area (Å²) >= 11 is 0. The molecule has 0 aliphatic rings. The molecule has 0 N–H and O–H groups in total. The second kappa shape index (κ2) is 8.93. The smallest absolute Gasteiger partial charge is 0.0973 e. The first-order valence-electron chi connectivity index (χ1n) is 16.1. The van der Waals surface area contributed by atoms with Gasteiger partial charge in [-0.05, 0) is 66.2 Å². The Morgan fingerprint density at radius 1 is 0.404 bits per heavy atom. The van der Waals surface area contributed by atoms with Crippen molar-refractivity contribution in [1.29, 1.82) is 0 Å². The molecule has 0 spiro atoms. The minimum absolute atomic E-state index is 0.893. The summed E-state index contributed by atoms with van der Waals surface area (Å²) in [5, 5.41) is 7.59. The van der Waals surface area contributed by atoms with E-state index >= 15 is 0 Å². The fraction of sp³-hybridized carbons (Fsp3) is 0.0233. The van der Waals surface area contributed by atoms with E-state index in [1.165, 1.54) is 71.0 Å². The number of hydrogen-bond donors (Lipinski definition) is 0. The van der Waals surface area contributed by atoms with Crippen molar-refractivity contribution in [3.8, 4) is 22.5 Å². The van der Waals surface area contributed by atoms with Crippen LogP contribution in [-0.4, -0.2) is 18.8 Å². The Morgan fingerprint density at radius 3 is 1.70 bits per heavy atom. The predicted octanol–water partition coefficient (Wildman–Crippen LogP) is 11.0. The van der Waals surface area contributed by atoms with E-state index in [0.717, 1.165) is 33.5 Å². The standard InChI is InChI=1S/C43H26N4/c1-25-19-22-35-31(23-25)39-30-24-27(41-40(26-11-3-2-4-12-26)44-32-14-6-7-15-33(32)45-41)20-21-28(30)38-29-13-5-8-16-34(29)46-36-17-9-10-18-37(36)47(35)43(39)42(38)46/h2-24H,1H3. The highest BCUT2D eigenvalue weighted by Crippen LogP contribution is 2.47. The third kappa shape index (κ3) is 3.21. The number of para-hydroxylation sites is 5. The second-order valence-corrected chi connectivity index (χ2v) is 12.7. The summed E-state index contributed by atoms with van der Waals surface area (Å²) in [5.74, 6) is 0. The number of aromatic nitrogens is 4. The number of hydrogen-bond acceptors (Lipinski definition) is 2. The number of aryl methyl sites for hydroxylation is 1.